The highest BCUT2D eigenvalue weighted by atomic mass is 35.5. The lowest BCUT2D eigenvalue weighted by atomic mass is 9.99. The number of methoxy groups -OCH3 is 1. The van der Waals surface area contributed by atoms with Crippen LogP contribution in [0.5, 0.6) is 5.75 Å². The van der Waals surface area contributed by atoms with Gasteiger partial charge in [0, 0.05) is 18.2 Å². The zero-order valence-corrected chi connectivity index (χ0v) is 10.5. The van der Waals surface area contributed by atoms with Gasteiger partial charge in [0.1, 0.15) is 16.6 Å². The topological polar surface area (TPSA) is 58.6 Å². The third-order valence-electron chi connectivity index (χ3n) is 3.15. The lowest BCUT2D eigenvalue weighted by molar-refractivity contribution is -0.141. The molecule has 0 aliphatic carbocycles. The Kier molecular flexibility index (Phi) is 3.73. The van der Waals surface area contributed by atoms with Crippen LogP contribution in [0, 0.1) is 11.7 Å². The van der Waals surface area contributed by atoms with Crippen LogP contribution in [-0.4, -0.2) is 24.7 Å². The Hall–Kier alpha value is -1.33. The van der Waals surface area contributed by atoms with Gasteiger partial charge in [-0.3, -0.25) is 4.79 Å². The summed E-state index contributed by atoms with van der Waals surface area (Å²) in [5.74, 6) is -1.65. The SMILES string of the molecule is COc1ccc(C2CC(C(=O)O)CN2)c(F)c1Cl. The Balaban J connectivity index is 2.25. The molecule has 0 bridgehead atoms. The fraction of sp³-hybridized carbons (Fsp3) is 0.417. The fourth-order valence-electron chi connectivity index (χ4n) is 2.13. The van der Waals surface area contributed by atoms with Crippen molar-refractivity contribution in [3.05, 3.63) is 28.5 Å². The van der Waals surface area contributed by atoms with Gasteiger partial charge in [0.2, 0.25) is 0 Å². The third kappa shape index (κ3) is 2.28. The number of carboxylic acid groups (broad SMARTS) is 1. The number of rotatable bonds is 3. The van der Waals surface area contributed by atoms with Crippen molar-refractivity contribution in [2.24, 2.45) is 5.92 Å². The van der Waals surface area contributed by atoms with E-state index in [0.717, 1.165) is 0 Å². The normalized spacial score (nSPS) is 23.1. The van der Waals surface area contributed by atoms with E-state index in [1.54, 1.807) is 12.1 Å². The first kappa shape index (κ1) is 13.1. The van der Waals surface area contributed by atoms with Crippen molar-refractivity contribution >= 4 is 17.6 Å². The largest absolute Gasteiger partial charge is 0.495 e. The standard InChI is InChI=1S/C12H13ClFNO3/c1-18-9-3-2-7(11(14)10(9)13)8-4-6(5-15-8)12(16)17/h2-3,6,8,15H,4-5H2,1H3,(H,16,17). The Bertz CT molecular complexity index is 481. The van der Waals surface area contributed by atoms with Crippen molar-refractivity contribution in [2.75, 3.05) is 13.7 Å². The summed E-state index contributed by atoms with van der Waals surface area (Å²) >= 11 is 5.83. The Morgan fingerprint density at radius 1 is 1.61 bits per heavy atom. The average molecular weight is 274 g/mol. The van der Waals surface area contributed by atoms with Gasteiger partial charge in [0.05, 0.1) is 13.0 Å². The second-order valence-corrected chi connectivity index (χ2v) is 4.59. The highest BCUT2D eigenvalue weighted by Crippen LogP contribution is 2.35. The molecule has 0 saturated carbocycles. The van der Waals surface area contributed by atoms with Crippen molar-refractivity contribution in [2.45, 2.75) is 12.5 Å². The molecule has 18 heavy (non-hydrogen) atoms. The number of nitrogens with one attached hydrogen (secondary N) is 1. The molecule has 1 aromatic rings. The van der Waals surface area contributed by atoms with Crippen molar-refractivity contribution in [3.8, 4) is 5.75 Å². The van der Waals surface area contributed by atoms with Gasteiger partial charge in [-0.25, -0.2) is 4.39 Å². The first-order valence-corrected chi connectivity index (χ1v) is 5.90. The van der Waals surface area contributed by atoms with Gasteiger partial charge in [-0.1, -0.05) is 17.7 Å². The van der Waals surface area contributed by atoms with E-state index in [9.17, 15) is 9.18 Å². The smallest absolute Gasteiger partial charge is 0.307 e. The molecule has 2 unspecified atom stereocenters. The summed E-state index contributed by atoms with van der Waals surface area (Å²) in [6, 6.07) is 2.83. The van der Waals surface area contributed by atoms with E-state index >= 15 is 0 Å². The summed E-state index contributed by atoms with van der Waals surface area (Å²) < 4.78 is 18.9. The third-order valence-corrected chi connectivity index (χ3v) is 3.50. The van der Waals surface area contributed by atoms with E-state index in [1.807, 2.05) is 0 Å². The zero-order chi connectivity index (χ0) is 13.3. The molecular formula is C12H13ClFNO3. The first-order valence-electron chi connectivity index (χ1n) is 5.52. The number of hydrogen-bond acceptors (Lipinski definition) is 3. The first-order chi connectivity index (χ1) is 8.54. The predicted molar refractivity (Wildman–Crippen MR) is 64.4 cm³/mol. The molecule has 1 aromatic carbocycles. The molecule has 0 aromatic heterocycles. The monoisotopic (exact) mass is 273 g/mol. The molecule has 98 valence electrons. The molecule has 2 atom stereocenters. The molecule has 0 amide bonds. The molecule has 4 nitrogen and oxygen atoms in total. The van der Waals surface area contributed by atoms with E-state index in [0.29, 0.717) is 18.5 Å². The van der Waals surface area contributed by atoms with Crippen LogP contribution in [0.4, 0.5) is 4.39 Å². The van der Waals surface area contributed by atoms with Gasteiger partial charge in [0.25, 0.3) is 0 Å². The number of benzene rings is 1. The Labute approximate surface area is 109 Å². The lowest BCUT2D eigenvalue weighted by Gasteiger charge is -2.14. The molecule has 1 aliphatic rings. The van der Waals surface area contributed by atoms with E-state index in [1.165, 1.54) is 7.11 Å². The maximum Gasteiger partial charge on any atom is 0.307 e. The van der Waals surface area contributed by atoms with E-state index in [-0.39, 0.29) is 16.8 Å². The predicted octanol–water partition coefficient (Wildman–Crippen LogP) is 2.22. The number of halogens is 2. The minimum Gasteiger partial charge on any atom is -0.495 e. The molecule has 6 heteroatoms. The van der Waals surface area contributed by atoms with E-state index < -0.39 is 17.7 Å². The number of ether oxygens (including phenoxy) is 1. The van der Waals surface area contributed by atoms with Gasteiger partial charge in [0.15, 0.2) is 0 Å². The molecule has 1 fully saturated rings. The van der Waals surface area contributed by atoms with Crippen molar-refractivity contribution in [1.82, 2.24) is 5.32 Å². The van der Waals surface area contributed by atoms with Gasteiger partial charge < -0.3 is 15.2 Å². The Morgan fingerprint density at radius 3 is 2.89 bits per heavy atom. The minimum absolute atomic E-state index is 0.0735. The number of carboxylic acids is 1. The van der Waals surface area contributed by atoms with Crippen molar-refractivity contribution < 1.29 is 19.0 Å². The van der Waals surface area contributed by atoms with Gasteiger partial charge in [-0.15, -0.1) is 0 Å². The second kappa shape index (κ2) is 5.12. The van der Waals surface area contributed by atoms with Crippen molar-refractivity contribution in [3.63, 3.8) is 0 Å². The molecule has 2 rings (SSSR count). The van der Waals surface area contributed by atoms with Gasteiger partial charge in [-0.2, -0.15) is 0 Å². The highest BCUT2D eigenvalue weighted by molar-refractivity contribution is 6.32. The summed E-state index contributed by atoms with van der Waals surface area (Å²) in [5.41, 5.74) is 0.379. The van der Waals surface area contributed by atoms with Crippen LogP contribution in [-0.2, 0) is 4.79 Å². The zero-order valence-electron chi connectivity index (χ0n) is 9.74. The van der Waals surface area contributed by atoms with Crippen molar-refractivity contribution in [1.29, 1.82) is 0 Å². The summed E-state index contributed by atoms with van der Waals surface area (Å²) in [5, 5.41) is 11.8. The van der Waals surface area contributed by atoms with E-state index in [4.69, 9.17) is 21.4 Å². The molecule has 1 heterocycles. The summed E-state index contributed by atoms with van der Waals surface area (Å²) in [7, 11) is 1.41. The molecular weight excluding hydrogens is 261 g/mol. The van der Waals surface area contributed by atoms with Gasteiger partial charge in [-0.05, 0) is 12.5 Å². The summed E-state index contributed by atoms with van der Waals surface area (Å²) in [6.45, 7) is 0.336. The maximum atomic E-state index is 14.0. The number of aliphatic carboxylic acids is 1. The van der Waals surface area contributed by atoms with Crippen LogP contribution < -0.4 is 10.1 Å². The van der Waals surface area contributed by atoms with Crippen LogP contribution in [0.1, 0.15) is 18.0 Å². The molecule has 0 radical (unpaired) electrons. The molecule has 1 aliphatic heterocycles. The van der Waals surface area contributed by atoms with Crippen LogP contribution >= 0.6 is 11.6 Å². The quantitative estimate of drug-likeness (QED) is 0.887. The highest BCUT2D eigenvalue weighted by Gasteiger charge is 2.32. The fourth-order valence-corrected chi connectivity index (χ4v) is 2.38. The van der Waals surface area contributed by atoms with Crippen LogP contribution in [0.25, 0.3) is 0 Å². The number of hydrogen-bond donors (Lipinski definition) is 2. The Morgan fingerprint density at radius 2 is 2.33 bits per heavy atom. The minimum atomic E-state index is -0.870. The molecule has 0 spiro atoms. The maximum absolute atomic E-state index is 14.0. The van der Waals surface area contributed by atoms with Crippen LogP contribution in [0.2, 0.25) is 5.02 Å². The molecule has 2 N–H and O–H groups in total. The second-order valence-electron chi connectivity index (χ2n) is 4.22. The van der Waals surface area contributed by atoms with Crippen LogP contribution in [0.3, 0.4) is 0 Å². The summed E-state index contributed by atoms with van der Waals surface area (Å²) in [4.78, 5) is 10.9. The number of carbonyl (C=O) groups is 1. The lowest BCUT2D eigenvalue weighted by Crippen LogP contribution is -2.17. The average Bonchev–Trinajstić information content (AvgIpc) is 2.82. The van der Waals surface area contributed by atoms with Gasteiger partial charge >= 0.3 is 5.97 Å². The van der Waals surface area contributed by atoms with E-state index in [2.05, 4.69) is 5.32 Å². The summed E-state index contributed by atoms with van der Waals surface area (Å²) in [6.07, 6.45) is 0.356. The molecule has 1 saturated heterocycles. The van der Waals surface area contributed by atoms with Crippen LogP contribution in [0.15, 0.2) is 12.1 Å².